The SMILES string of the molecule is CC(Cc1c[nH]c2ccccc12)(NC(=O)OC1C2CC3CC(C2)CC1C3)C(=O)NCC1c2ccccc2Oc2ccccc21. The molecule has 9 rings (SSSR count). The lowest BCUT2D eigenvalue weighted by molar-refractivity contribution is -0.127. The van der Waals surface area contributed by atoms with Gasteiger partial charge in [-0.2, -0.15) is 0 Å². The number of H-pyrrole nitrogens is 1. The van der Waals surface area contributed by atoms with Gasteiger partial charge >= 0.3 is 6.09 Å². The molecule has 7 nitrogen and oxygen atoms in total. The fourth-order valence-electron chi connectivity index (χ4n) is 8.90. The topological polar surface area (TPSA) is 92.5 Å². The molecular formula is C37H39N3O4. The Balaban J connectivity index is 1.05. The van der Waals surface area contributed by atoms with E-state index in [0.717, 1.165) is 76.6 Å². The van der Waals surface area contributed by atoms with Gasteiger partial charge in [0.25, 0.3) is 0 Å². The summed E-state index contributed by atoms with van der Waals surface area (Å²) in [6, 6.07) is 24.0. The highest BCUT2D eigenvalue weighted by molar-refractivity contribution is 5.91. The minimum absolute atomic E-state index is 0.0570. The maximum atomic E-state index is 14.2. The molecule has 44 heavy (non-hydrogen) atoms. The van der Waals surface area contributed by atoms with Crippen molar-refractivity contribution in [3.8, 4) is 11.5 Å². The van der Waals surface area contributed by atoms with Crippen molar-refractivity contribution in [3.63, 3.8) is 0 Å². The third kappa shape index (κ3) is 4.83. The van der Waals surface area contributed by atoms with E-state index >= 15 is 0 Å². The molecule has 4 aromatic rings. The smallest absolute Gasteiger partial charge is 0.408 e. The molecule has 4 saturated carbocycles. The Labute approximate surface area is 257 Å². The lowest BCUT2D eigenvalue weighted by Crippen LogP contribution is -2.60. The number of nitrogens with one attached hydrogen (secondary N) is 3. The number of hydrogen-bond acceptors (Lipinski definition) is 4. The summed E-state index contributed by atoms with van der Waals surface area (Å²) in [7, 11) is 0. The number of fused-ring (bicyclic) bond motifs is 3. The van der Waals surface area contributed by atoms with Crippen LogP contribution in [0.25, 0.3) is 10.9 Å². The third-order valence-electron chi connectivity index (χ3n) is 10.8. The molecule has 4 aliphatic carbocycles. The quantitative estimate of drug-likeness (QED) is 0.215. The zero-order valence-electron chi connectivity index (χ0n) is 25.1. The van der Waals surface area contributed by atoms with Crippen molar-refractivity contribution in [1.82, 2.24) is 15.6 Å². The van der Waals surface area contributed by atoms with Crippen LogP contribution in [0.4, 0.5) is 4.79 Å². The Morgan fingerprint density at radius 3 is 2.16 bits per heavy atom. The van der Waals surface area contributed by atoms with Crippen molar-refractivity contribution in [2.45, 2.75) is 63.0 Å². The number of rotatable bonds is 7. The summed E-state index contributed by atoms with van der Waals surface area (Å²) in [6.45, 7) is 2.18. The van der Waals surface area contributed by atoms with Crippen molar-refractivity contribution in [1.29, 1.82) is 0 Å². The predicted octanol–water partition coefficient (Wildman–Crippen LogP) is 7.07. The zero-order chi connectivity index (χ0) is 29.8. The average molecular weight is 590 g/mol. The summed E-state index contributed by atoms with van der Waals surface area (Å²) in [5.74, 6) is 3.73. The Kier molecular flexibility index (Phi) is 6.65. The van der Waals surface area contributed by atoms with E-state index in [1.165, 1.54) is 6.42 Å². The van der Waals surface area contributed by atoms with Crippen molar-refractivity contribution < 1.29 is 19.1 Å². The van der Waals surface area contributed by atoms with Gasteiger partial charge in [-0.15, -0.1) is 0 Å². The molecule has 3 aromatic carbocycles. The molecule has 0 radical (unpaired) electrons. The maximum absolute atomic E-state index is 14.2. The summed E-state index contributed by atoms with van der Waals surface area (Å²) in [6.07, 6.45) is 7.68. The van der Waals surface area contributed by atoms with E-state index in [2.05, 4.69) is 15.6 Å². The molecule has 2 heterocycles. The first-order valence-electron chi connectivity index (χ1n) is 16.1. The Morgan fingerprint density at radius 1 is 0.864 bits per heavy atom. The molecular weight excluding hydrogens is 550 g/mol. The van der Waals surface area contributed by atoms with E-state index in [1.54, 1.807) is 0 Å². The van der Waals surface area contributed by atoms with Gasteiger partial charge in [-0.25, -0.2) is 4.79 Å². The number of carbonyl (C=O) groups excluding carboxylic acids is 2. The Hall–Kier alpha value is -4.26. The monoisotopic (exact) mass is 589 g/mol. The minimum Gasteiger partial charge on any atom is -0.457 e. The van der Waals surface area contributed by atoms with E-state index in [-0.39, 0.29) is 17.9 Å². The van der Waals surface area contributed by atoms with Gasteiger partial charge in [-0.1, -0.05) is 54.6 Å². The van der Waals surface area contributed by atoms with E-state index < -0.39 is 11.6 Å². The molecule has 226 valence electrons. The van der Waals surface area contributed by atoms with E-state index in [4.69, 9.17) is 9.47 Å². The van der Waals surface area contributed by atoms with Crippen molar-refractivity contribution in [3.05, 3.63) is 95.7 Å². The average Bonchev–Trinajstić information content (AvgIpc) is 3.42. The van der Waals surface area contributed by atoms with E-state index in [1.807, 2.05) is 85.9 Å². The number of carbonyl (C=O) groups is 2. The first-order chi connectivity index (χ1) is 21.4. The molecule has 1 atom stereocenters. The first kappa shape index (κ1) is 27.3. The summed E-state index contributed by atoms with van der Waals surface area (Å²) < 4.78 is 12.4. The highest BCUT2D eigenvalue weighted by atomic mass is 16.6. The van der Waals surface area contributed by atoms with Crippen LogP contribution in [0.15, 0.2) is 79.0 Å². The third-order valence-corrected chi connectivity index (χ3v) is 10.8. The number of aromatic nitrogens is 1. The maximum Gasteiger partial charge on any atom is 0.408 e. The number of alkyl carbamates (subject to hydrolysis) is 1. The Morgan fingerprint density at radius 2 is 1.48 bits per heavy atom. The van der Waals surface area contributed by atoms with E-state index in [9.17, 15) is 9.59 Å². The molecule has 5 aliphatic rings. The van der Waals surface area contributed by atoms with Gasteiger partial charge in [-0.3, -0.25) is 4.79 Å². The van der Waals surface area contributed by atoms with Gasteiger partial charge in [-0.05, 0) is 86.5 Å². The second kappa shape index (κ2) is 10.7. The van der Waals surface area contributed by atoms with Gasteiger partial charge in [0.2, 0.25) is 5.91 Å². The summed E-state index contributed by atoms with van der Waals surface area (Å²) in [5.41, 5.74) is 2.78. The van der Waals surface area contributed by atoms with Gasteiger partial charge in [0.05, 0.1) is 0 Å². The lowest BCUT2D eigenvalue weighted by atomic mass is 9.55. The van der Waals surface area contributed by atoms with E-state index in [0.29, 0.717) is 24.8 Å². The largest absolute Gasteiger partial charge is 0.457 e. The van der Waals surface area contributed by atoms with Gasteiger partial charge in [0.15, 0.2) is 0 Å². The summed E-state index contributed by atoms with van der Waals surface area (Å²) >= 11 is 0. The second-order valence-electron chi connectivity index (χ2n) is 13.7. The van der Waals surface area contributed by atoms with Crippen LogP contribution in [-0.4, -0.2) is 35.2 Å². The molecule has 0 saturated heterocycles. The lowest BCUT2D eigenvalue weighted by Gasteiger charge is -2.53. The summed E-state index contributed by atoms with van der Waals surface area (Å²) in [4.78, 5) is 31.2. The molecule has 3 N–H and O–H groups in total. The highest BCUT2D eigenvalue weighted by Gasteiger charge is 2.50. The highest BCUT2D eigenvalue weighted by Crippen LogP contribution is 2.54. The van der Waals surface area contributed by atoms with Crippen LogP contribution in [0.3, 0.4) is 0 Å². The van der Waals surface area contributed by atoms with Gasteiger partial charge < -0.3 is 25.1 Å². The summed E-state index contributed by atoms with van der Waals surface area (Å²) in [5, 5.41) is 7.33. The van der Waals surface area contributed by atoms with Gasteiger partial charge in [0.1, 0.15) is 23.1 Å². The molecule has 1 aromatic heterocycles. The van der Waals surface area contributed by atoms with Crippen LogP contribution in [0, 0.1) is 23.7 Å². The molecule has 4 fully saturated rings. The molecule has 0 spiro atoms. The van der Waals surface area contributed by atoms with Crippen LogP contribution in [0.1, 0.15) is 61.6 Å². The number of hydrogen-bond donors (Lipinski definition) is 3. The molecule has 2 amide bonds. The van der Waals surface area contributed by atoms with Crippen LogP contribution in [0.2, 0.25) is 0 Å². The molecule has 7 heteroatoms. The molecule has 1 aliphatic heterocycles. The fraction of sp³-hybridized carbons (Fsp3) is 0.405. The Bertz CT molecular complexity index is 1650. The van der Waals surface area contributed by atoms with Crippen LogP contribution >= 0.6 is 0 Å². The number of amides is 2. The van der Waals surface area contributed by atoms with Crippen LogP contribution in [0.5, 0.6) is 11.5 Å². The van der Waals surface area contributed by atoms with Crippen LogP contribution < -0.4 is 15.4 Å². The van der Waals surface area contributed by atoms with Crippen molar-refractivity contribution in [2.75, 3.05) is 6.54 Å². The zero-order valence-corrected chi connectivity index (χ0v) is 25.1. The predicted molar refractivity (Wildman–Crippen MR) is 169 cm³/mol. The van der Waals surface area contributed by atoms with Gasteiger partial charge in [0, 0.05) is 47.1 Å². The van der Waals surface area contributed by atoms with Crippen molar-refractivity contribution >= 4 is 22.9 Å². The number of benzene rings is 3. The molecule has 4 bridgehead atoms. The van der Waals surface area contributed by atoms with Crippen molar-refractivity contribution in [2.24, 2.45) is 23.7 Å². The standard InChI is InChI=1S/C37H39N3O4/c1-37(19-26-20-38-31-11-5-2-8-27(26)31,40-36(42)44-34-24-15-22-14-23(17-24)18-25(34)16-22)35(41)39-21-30-28-9-3-6-12-32(28)43-33-13-7-4-10-29(30)33/h2-13,20,22-25,30,34,38H,14-19,21H2,1H3,(H,39,41)(H,40,42). The van der Waals surface area contributed by atoms with Crippen LogP contribution in [-0.2, 0) is 16.0 Å². The number of ether oxygens (including phenoxy) is 2. The number of aromatic amines is 1. The first-order valence-corrected chi connectivity index (χ1v) is 16.1. The number of para-hydroxylation sites is 3. The molecule has 1 unspecified atom stereocenters. The fourth-order valence-corrected chi connectivity index (χ4v) is 8.90. The second-order valence-corrected chi connectivity index (χ2v) is 13.7. The normalized spacial score (nSPS) is 26.2. The minimum atomic E-state index is -1.24.